The number of benzene rings is 2. The highest BCUT2D eigenvalue weighted by Gasteiger charge is 2.11. The van der Waals surface area contributed by atoms with E-state index in [9.17, 15) is 4.79 Å². The first kappa shape index (κ1) is 13.6. The van der Waals surface area contributed by atoms with Crippen molar-refractivity contribution in [2.75, 3.05) is 5.43 Å². The Morgan fingerprint density at radius 3 is 2.35 bits per heavy atom. The van der Waals surface area contributed by atoms with Crippen LogP contribution in [-0.2, 0) is 0 Å². The molecule has 0 fully saturated rings. The van der Waals surface area contributed by atoms with Gasteiger partial charge < -0.3 is 0 Å². The predicted molar refractivity (Wildman–Crippen MR) is 81.8 cm³/mol. The normalized spacial score (nSPS) is 10.7. The minimum atomic E-state index is -0.268. The van der Waals surface area contributed by atoms with E-state index in [2.05, 4.69) is 16.4 Å². The van der Waals surface area contributed by atoms with Crippen LogP contribution in [0, 0.1) is 19.3 Å². The van der Waals surface area contributed by atoms with Crippen LogP contribution in [-0.4, -0.2) is 11.5 Å². The van der Waals surface area contributed by atoms with Crippen LogP contribution in [0.2, 0.25) is 0 Å². The van der Waals surface area contributed by atoms with Crippen molar-refractivity contribution in [3.05, 3.63) is 65.7 Å². The zero-order valence-electron chi connectivity index (χ0n) is 11.1. The van der Waals surface area contributed by atoms with Crippen LogP contribution in [0.4, 0.5) is 5.69 Å². The van der Waals surface area contributed by atoms with Crippen molar-refractivity contribution in [1.29, 1.82) is 0 Å². The molecule has 20 heavy (non-hydrogen) atoms. The molecule has 98 valence electrons. The van der Waals surface area contributed by atoms with Gasteiger partial charge in [-0.05, 0) is 25.0 Å². The molecule has 0 spiro atoms. The van der Waals surface area contributed by atoms with Crippen molar-refractivity contribution in [2.45, 2.75) is 6.92 Å². The molecular formula is C17H14N2O. The number of rotatable bonds is 4. The van der Waals surface area contributed by atoms with Gasteiger partial charge in [-0.15, -0.1) is 6.42 Å². The van der Waals surface area contributed by atoms with Crippen LogP contribution in [0.25, 0.3) is 0 Å². The standard InChI is InChI=1S/C17H14N2O/c1-3-16(19-18-15-7-5-4-6-8-15)17(20)14-11-9-13(2)10-12-14/h1,4-12,18H,2H3/b19-16+. The molecule has 3 nitrogen and oxygen atoms in total. The minimum Gasteiger partial charge on any atom is -0.286 e. The maximum Gasteiger partial charge on any atom is 0.221 e. The van der Waals surface area contributed by atoms with Gasteiger partial charge in [-0.25, -0.2) is 0 Å². The molecule has 0 aromatic heterocycles. The SMILES string of the molecule is C#C/C(=N\Nc1ccccc1)C(=O)c1ccc(C)cc1. The Balaban J connectivity index is 2.18. The van der Waals surface area contributed by atoms with Gasteiger partial charge in [-0.2, -0.15) is 5.10 Å². The molecular weight excluding hydrogens is 248 g/mol. The van der Waals surface area contributed by atoms with E-state index in [-0.39, 0.29) is 11.5 Å². The summed E-state index contributed by atoms with van der Waals surface area (Å²) in [6.07, 6.45) is 5.36. The lowest BCUT2D eigenvalue weighted by molar-refractivity contribution is 0.106. The molecule has 1 N–H and O–H groups in total. The lowest BCUT2D eigenvalue weighted by Crippen LogP contribution is -2.14. The molecule has 0 bridgehead atoms. The largest absolute Gasteiger partial charge is 0.286 e. The average molecular weight is 262 g/mol. The van der Waals surface area contributed by atoms with Crippen LogP contribution in [0.5, 0.6) is 0 Å². The Morgan fingerprint density at radius 2 is 1.75 bits per heavy atom. The van der Waals surface area contributed by atoms with Gasteiger partial charge in [-0.1, -0.05) is 48.0 Å². The van der Waals surface area contributed by atoms with Gasteiger partial charge in [0.1, 0.15) is 0 Å². The number of ketones is 1. The van der Waals surface area contributed by atoms with Crippen molar-refractivity contribution in [3.63, 3.8) is 0 Å². The molecule has 0 saturated heterocycles. The summed E-state index contributed by atoms with van der Waals surface area (Å²) >= 11 is 0. The molecule has 2 aromatic carbocycles. The third-order valence-corrected chi connectivity index (χ3v) is 2.74. The molecule has 0 atom stereocenters. The van der Waals surface area contributed by atoms with Gasteiger partial charge in [0.25, 0.3) is 0 Å². The lowest BCUT2D eigenvalue weighted by Gasteiger charge is -2.02. The third kappa shape index (κ3) is 3.33. The van der Waals surface area contributed by atoms with Crippen molar-refractivity contribution in [1.82, 2.24) is 0 Å². The van der Waals surface area contributed by atoms with Crippen molar-refractivity contribution in [2.24, 2.45) is 5.10 Å². The van der Waals surface area contributed by atoms with Gasteiger partial charge in [-0.3, -0.25) is 10.2 Å². The van der Waals surface area contributed by atoms with Crippen LogP contribution in [0.1, 0.15) is 15.9 Å². The van der Waals surface area contributed by atoms with E-state index < -0.39 is 0 Å². The zero-order chi connectivity index (χ0) is 14.4. The van der Waals surface area contributed by atoms with Crippen LogP contribution in [0.15, 0.2) is 59.7 Å². The third-order valence-electron chi connectivity index (χ3n) is 2.74. The number of carbonyl (C=O) groups is 1. The maximum absolute atomic E-state index is 12.2. The van der Waals surface area contributed by atoms with Crippen molar-refractivity contribution in [3.8, 4) is 12.3 Å². The van der Waals surface area contributed by atoms with Gasteiger partial charge in [0.2, 0.25) is 5.78 Å². The first-order valence-electron chi connectivity index (χ1n) is 6.17. The molecule has 0 amide bonds. The van der Waals surface area contributed by atoms with E-state index in [1.807, 2.05) is 49.4 Å². The quantitative estimate of drug-likeness (QED) is 0.397. The lowest BCUT2D eigenvalue weighted by atomic mass is 10.1. The highest BCUT2D eigenvalue weighted by molar-refractivity contribution is 6.51. The molecule has 3 heteroatoms. The maximum atomic E-state index is 12.2. The summed E-state index contributed by atoms with van der Waals surface area (Å²) in [5.74, 6) is 2.06. The molecule has 0 unspecified atom stereocenters. The summed E-state index contributed by atoms with van der Waals surface area (Å²) in [4.78, 5) is 12.2. The average Bonchev–Trinajstić information content (AvgIpc) is 2.49. The molecule has 2 aromatic rings. The molecule has 0 aliphatic heterocycles. The highest BCUT2D eigenvalue weighted by Crippen LogP contribution is 2.07. The Labute approximate surface area is 118 Å². The number of aryl methyl sites for hydroxylation is 1. The van der Waals surface area contributed by atoms with Crippen molar-refractivity contribution < 1.29 is 4.79 Å². The van der Waals surface area contributed by atoms with E-state index in [4.69, 9.17) is 6.42 Å². The zero-order valence-corrected chi connectivity index (χ0v) is 11.1. The molecule has 0 aliphatic carbocycles. The monoisotopic (exact) mass is 262 g/mol. The Morgan fingerprint density at radius 1 is 1.10 bits per heavy atom. The Hall–Kier alpha value is -2.86. The predicted octanol–water partition coefficient (Wildman–Crippen LogP) is 3.28. The molecule has 0 aliphatic rings. The van der Waals surface area contributed by atoms with Crippen LogP contribution in [0.3, 0.4) is 0 Å². The molecule has 0 radical (unpaired) electrons. The minimum absolute atomic E-state index is 0.0534. The van der Waals surface area contributed by atoms with Crippen molar-refractivity contribution >= 4 is 17.2 Å². The summed E-state index contributed by atoms with van der Waals surface area (Å²) in [5, 5.41) is 3.99. The molecule has 2 rings (SSSR count). The number of hydrazone groups is 1. The number of para-hydroxylation sites is 1. The summed E-state index contributed by atoms with van der Waals surface area (Å²) < 4.78 is 0. The van der Waals surface area contributed by atoms with Gasteiger partial charge in [0.15, 0.2) is 5.71 Å². The van der Waals surface area contributed by atoms with Gasteiger partial charge >= 0.3 is 0 Å². The summed E-state index contributed by atoms with van der Waals surface area (Å²) in [7, 11) is 0. The molecule has 0 saturated carbocycles. The van der Waals surface area contributed by atoms with E-state index in [0.29, 0.717) is 5.56 Å². The second-order valence-electron chi connectivity index (χ2n) is 4.28. The Bertz CT molecular complexity index is 664. The first-order valence-corrected chi connectivity index (χ1v) is 6.17. The van der Waals surface area contributed by atoms with Crippen LogP contribution < -0.4 is 5.43 Å². The number of terminal acetylenes is 1. The fourth-order valence-electron chi connectivity index (χ4n) is 1.62. The summed E-state index contributed by atoms with van der Waals surface area (Å²) in [5.41, 5.74) is 5.23. The number of nitrogens with one attached hydrogen (secondary N) is 1. The Kier molecular flexibility index (Phi) is 4.31. The number of anilines is 1. The second-order valence-corrected chi connectivity index (χ2v) is 4.28. The number of nitrogens with zero attached hydrogens (tertiary/aromatic N) is 1. The number of hydrogen-bond donors (Lipinski definition) is 1. The first-order chi connectivity index (χ1) is 9.70. The van der Waals surface area contributed by atoms with Crippen LogP contribution >= 0.6 is 0 Å². The molecule has 0 heterocycles. The van der Waals surface area contributed by atoms with Gasteiger partial charge in [0.05, 0.1) is 5.69 Å². The number of carbonyl (C=O) groups excluding carboxylic acids is 1. The van der Waals surface area contributed by atoms with E-state index in [0.717, 1.165) is 11.3 Å². The van der Waals surface area contributed by atoms with E-state index >= 15 is 0 Å². The highest BCUT2D eigenvalue weighted by atomic mass is 16.1. The fourth-order valence-corrected chi connectivity index (χ4v) is 1.62. The smallest absolute Gasteiger partial charge is 0.221 e. The van der Waals surface area contributed by atoms with E-state index in [1.165, 1.54) is 0 Å². The topological polar surface area (TPSA) is 41.5 Å². The number of hydrogen-bond acceptors (Lipinski definition) is 3. The summed E-state index contributed by atoms with van der Waals surface area (Å²) in [6.45, 7) is 1.96. The number of Topliss-reactive ketones (excluding diaryl/α,β-unsaturated/α-hetero) is 1. The fraction of sp³-hybridized carbons (Fsp3) is 0.0588. The summed E-state index contributed by atoms with van der Waals surface area (Å²) in [6, 6.07) is 16.5. The van der Waals surface area contributed by atoms with Gasteiger partial charge in [0, 0.05) is 5.56 Å². The second kappa shape index (κ2) is 6.35. The van der Waals surface area contributed by atoms with E-state index in [1.54, 1.807) is 12.1 Å².